The number of carbonyl (C=O) groups is 1. The summed E-state index contributed by atoms with van der Waals surface area (Å²) in [5.41, 5.74) is 3.55. The number of aromatic nitrogens is 4. The minimum atomic E-state index is -4.48. The first-order chi connectivity index (χ1) is 24.6. The van der Waals surface area contributed by atoms with Gasteiger partial charge in [0.25, 0.3) is 5.56 Å². The third kappa shape index (κ3) is 11.0. The topological polar surface area (TPSA) is 141 Å². The van der Waals surface area contributed by atoms with Gasteiger partial charge in [0.2, 0.25) is 5.95 Å². The highest BCUT2D eigenvalue weighted by Gasteiger charge is 2.30. The Bertz CT molecular complexity index is 1920. The molecule has 2 aromatic heterocycles. The average Bonchev–Trinajstić information content (AvgIpc) is 3.67. The molecule has 15 heteroatoms. The fraction of sp³-hybridized carbons (Fsp3) is 0.361. The molecule has 0 saturated carbocycles. The standard InChI is InChI=1S/C36H38ClF3N4O7/c37-28-12-14-30-31(22-28)42-35(41-30)44-34(47)29(33(43-44)26-8-10-27(11-9-26)36(38,39)40)13-7-25-5-3-24(4-6-25)2-1-15-48-16-17-49-18-19-50-20-21-51-23-32(45)46/h3-6,8-12,14,22,43H,1-2,7,13,15-21,23H2,(H,41,42)(H,45,46). The normalized spacial score (nSPS) is 11.8. The Hall–Kier alpha value is -4.47. The molecule has 0 amide bonds. The molecule has 0 unspecified atom stereocenters. The highest BCUT2D eigenvalue weighted by molar-refractivity contribution is 6.31. The van der Waals surface area contributed by atoms with E-state index >= 15 is 0 Å². The van der Waals surface area contributed by atoms with E-state index < -0.39 is 17.7 Å². The van der Waals surface area contributed by atoms with Crippen molar-refractivity contribution < 1.29 is 42.0 Å². The molecule has 0 fully saturated rings. The van der Waals surface area contributed by atoms with Crippen molar-refractivity contribution in [2.45, 2.75) is 31.9 Å². The van der Waals surface area contributed by atoms with E-state index in [0.717, 1.165) is 36.1 Å². The lowest BCUT2D eigenvalue weighted by molar-refractivity contribution is -0.142. The Kier molecular flexibility index (Phi) is 13.4. The number of alkyl halides is 3. The summed E-state index contributed by atoms with van der Waals surface area (Å²) in [5.74, 6) is -0.778. The van der Waals surface area contributed by atoms with Crippen LogP contribution < -0.4 is 5.56 Å². The van der Waals surface area contributed by atoms with Crippen LogP contribution in [-0.2, 0) is 49.2 Å². The molecule has 11 nitrogen and oxygen atoms in total. The summed E-state index contributed by atoms with van der Waals surface area (Å²) in [6, 6.07) is 17.9. The van der Waals surface area contributed by atoms with Crippen LogP contribution in [0, 0.1) is 0 Å². The second-order valence-electron chi connectivity index (χ2n) is 11.6. The Labute approximate surface area is 296 Å². The lowest BCUT2D eigenvalue weighted by atomic mass is 9.99. The molecule has 3 N–H and O–H groups in total. The first kappa shape index (κ1) is 37.8. The summed E-state index contributed by atoms with van der Waals surface area (Å²) >= 11 is 6.12. The Balaban J connectivity index is 1.12. The number of nitrogens with one attached hydrogen (secondary N) is 2. The fourth-order valence-electron chi connectivity index (χ4n) is 5.33. The van der Waals surface area contributed by atoms with Crippen LogP contribution in [-0.4, -0.2) is 83.7 Å². The van der Waals surface area contributed by atoms with Crippen molar-refractivity contribution in [3.63, 3.8) is 0 Å². The van der Waals surface area contributed by atoms with Gasteiger partial charge >= 0.3 is 12.1 Å². The molecule has 5 rings (SSSR count). The summed E-state index contributed by atoms with van der Waals surface area (Å²) in [7, 11) is 0. The smallest absolute Gasteiger partial charge is 0.416 e. The molecule has 5 aromatic rings. The summed E-state index contributed by atoms with van der Waals surface area (Å²) in [6.07, 6.45) is -1.96. The van der Waals surface area contributed by atoms with Crippen LogP contribution >= 0.6 is 11.6 Å². The van der Waals surface area contributed by atoms with Gasteiger partial charge in [0.15, 0.2) is 0 Å². The average molecular weight is 731 g/mol. The minimum Gasteiger partial charge on any atom is -0.480 e. The van der Waals surface area contributed by atoms with E-state index in [1.54, 1.807) is 18.2 Å². The monoisotopic (exact) mass is 730 g/mol. The molecule has 272 valence electrons. The number of aryl methyl sites for hydroxylation is 2. The van der Waals surface area contributed by atoms with Crippen molar-refractivity contribution in [1.29, 1.82) is 0 Å². The minimum absolute atomic E-state index is 0.214. The van der Waals surface area contributed by atoms with Gasteiger partial charge in [-0.1, -0.05) is 48.0 Å². The molecule has 0 bridgehead atoms. The number of nitrogens with zero attached hydrogens (tertiary/aromatic N) is 2. The maximum Gasteiger partial charge on any atom is 0.416 e. The number of imidazole rings is 1. The Morgan fingerprint density at radius 2 is 1.41 bits per heavy atom. The van der Waals surface area contributed by atoms with Gasteiger partial charge in [0, 0.05) is 17.2 Å². The molecule has 0 spiro atoms. The lowest BCUT2D eigenvalue weighted by Gasteiger charge is -2.08. The number of rotatable bonds is 20. The summed E-state index contributed by atoms with van der Waals surface area (Å²) < 4.78 is 62.3. The maximum absolute atomic E-state index is 13.8. The van der Waals surface area contributed by atoms with Crippen LogP contribution in [0.3, 0.4) is 0 Å². The zero-order valence-corrected chi connectivity index (χ0v) is 28.4. The van der Waals surface area contributed by atoms with Crippen LogP contribution in [0.1, 0.15) is 28.7 Å². The molecule has 51 heavy (non-hydrogen) atoms. The molecule has 0 atom stereocenters. The van der Waals surface area contributed by atoms with Crippen LogP contribution in [0.15, 0.2) is 71.5 Å². The van der Waals surface area contributed by atoms with Crippen molar-refractivity contribution in [2.75, 3.05) is 52.9 Å². The van der Waals surface area contributed by atoms with E-state index in [-0.39, 0.29) is 24.7 Å². The number of fused-ring (bicyclic) bond motifs is 1. The van der Waals surface area contributed by atoms with Gasteiger partial charge in [0.1, 0.15) is 6.61 Å². The number of aromatic amines is 2. The zero-order valence-electron chi connectivity index (χ0n) is 27.6. The SMILES string of the molecule is O=C(O)COCCOCCOCCOCCCc1ccc(CCc2c(-c3ccc(C(F)(F)F)cc3)[nH]n(-c3nc4ccc(Cl)cc4[nH]3)c2=O)cc1. The van der Waals surface area contributed by atoms with Crippen LogP contribution in [0.5, 0.6) is 0 Å². The van der Waals surface area contributed by atoms with Gasteiger partial charge in [-0.3, -0.25) is 9.89 Å². The first-order valence-corrected chi connectivity index (χ1v) is 16.7. The number of halogens is 4. The maximum atomic E-state index is 13.8. The largest absolute Gasteiger partial charge is 0.480 e. The quantitative estimate of drug-likeness (QED) is 0.0799. The number of carboxylic acids is 1. The highest BCUT2D eigenvalue weighted by atomic mass is 35.5. The third-order valence-electron chi connectivity index (χ3n) is 7.91. The Morgan fingerprint density at radius 3 is 2.04 bits per heavy atom. The van der Waals surface area contributed by atoms with E-state index in [4.69, 9.17) is 35.7 Å². The van der Waals surface area contributed by atoms with Gasteiger partial charge in [-0.15, -0.1) is 0 Å². The van der Waals surface area contributed by atoms with Crippen LogP contribution in [0.2, 0.25) is 5.02 Å². The van der Waals surface area contributed by atoms with Gasteiger partial charge in [-0.2, -0.15) is 17.9 Å². The summed E-state index contributed by atoms with van der Waals surface area (Å²) in [6.45, 7) is 2.44. The molecule has 0 aliphatic heterocycles. The number of hydrogen-bond acceptors (Lipinski definition) is 7. The summed E-state index contributed by atoms with van der Waals surface area (Å²) in [4.78, 5) is 31.7. The predicted molar refractivity (Wildman–Crippen MR) is 185 cm³/mol. The van der Waals surface area contributed by atoms with Gasteiger partial charge in [-0.25, -0.2) is 9.78 Å². The van der Waals surface area contributed by atoms with E-state index in [0.29, 0.717) is 85.4 Å². The van der Waals surface area contributed by atoms with E-state index in [1.807, 2.05) is 24.3 Å². The zero-order chi connectivity index (χ0) is 36.2. The van der Waals surface area contributed by atoms with E-state index in [1.165, 1.54) is 16.8 Å². The molecule has 0 saturated heterocycles. The second kappa shape index (κ2) is 18.1. The first-order valence-electron chi connectivity index (χ1n) is 16.4. The van der Waals surface area contributed by atoms with Gasteiger partial charge in [-0.05, 0) is 72.7 Å². The number of carboxylic acid groups (broad SMARTS) is 1. The predicted octanol–water partition coefficient (Wildman–Crippen LogP) is 6.25. The number of H-pyrrole nitrogens is 2. The van der Waals surface area contributed by atoms with Crippen LogP contribution in [0.4, 0.5) is 13.2 Å². The fourth-order valence-corrected chi connectivity index (χ4v) is 5.50. The summed E-state index contributed by atoms with van der Waals surface area (Å²) in [5, 5.41) is 12.1. The molecular formula is C36H38ClF3N4O7. The van der Waals surface area contributed by atoms with E-state index in [2.05, 4.69) is 15.1 Å². The van der Waals surface area contributed by atoms with Crippen molar-refractivity contribution in [2.24, 2.45) is 0 Å². The van der Waals surface area contributed by atoms with E-state index in [9.17, 15) is 22.8 Å². The highest BCUT2D eigenvalue weighted by Crippen LogP contribution is 2.31. The van der Waals surface area contributed by atoms with Gasteiger partial charge in [0.05, 0.1) is 61.9 Å². The van der Waals surface area contributed by atoms with Gasteiger partial charge < -0.3 is 29.0 Å². The van der Waals surface area contributed by atoms with Crippen molar-refractivity contribution >= 4 is 28.6 Å². The molecule has 0 aliphatic carbocycles. The number of aliphatic carboxylic acids is 1. The number of benzene rings is 3. The van der Waals surface area contributed by atoms with Crippen molar-refractivity contribution in [3.05, 3.63) is 104 Å². The van der Waals surface area contributed by atoms with Crippen LogP contribution in [0.25, 0.3) is 28.2 Å². The van der Waals surface area contributed by atoms with Crippen molar-refractivity contribution in [1.82, 2.24) is 19.7 Å². The molecule has 2 heterocycles. The Morgan fingerprint density at radius 1 is 0.804 bits per heavy atom. The lowest BCUT2D eigenvalue weighted by Crippen LogP contribution is -2.18. The van der Waals surface area contributed by atoms with Crippen molar-refractivity contribution in [3.8, 4) is 17.2 Å². The number of ether oxygens (including phenoxy) is 4. The second-order valence-corrected chi connectivity index (χ2v) is 12.0. The molecular weight excluding hydrogens is 693 g/mol. The molecule has 0 aliphatic rings. The number of hydrogen-bond donors (Lipinski definition) is 3. The molecule has 0 radical (unpaired) electrons. The molecule has 3 aromatic carbocycles. The third-order valence-corrected chi connectivity index (χ3v) is 8.15.